The second-order valence-electron chi connectivity index (χ2n) is 20.7. The molecule has 4 aliphatic rings. The first-order chi connectivity index (χ1) is 34.4. The van der Waals surface area contributed by atoms with Crippen LogP contribution in [0, 0.1) is 27.3 Å². The summed E-state index contributed by atoms with van der Waals surface area (Å²) in [5.41, 5.74) is 2.20. The van der Waals surface area contributed by atoms with Gasteiger partial charge in [-0.1, -0.05) is 38.1 Å². The van der Waals surface area contributed by atoms with E-state index in [-0.39, 0.29) is 70.4 Å². The van der Waals surface area contributed by atoms with Crippen molar-refractivity contribution in [3.8, 4) is 17.4 Å². The lowest BCUT2D eigenvalue weighted by Crippen LogP contribution is -2.60. The molecular weight excluding hydrogens is 949 g/mol. The summed E-state index contributed by atoms with van der Waals surface area (Å²) in [5.74, 6) is -1.38. The normalized spacial score (nSPS) is 22.0. The van der Waals surface area contributed by atoms with E-state index in [0.717, 1.165) is 63.8 Å². The van der Waals surface area contributed by atoms with Gasteiger partial charge >= 0.3 is 5.69 Å². The Labute approximate surface area is 418 Å². The Morgan fingerprint density at radius 2 is 1.79 bits per heavy atom. The number of piperazine rings is 1. The fraction of sp³-hybridized carbons (Fsp3) is 0.519. The highest BCUT2D eigenvalue weighted by molar-refractivity contribution is 7.90. The number of carbonyl (C=O) groups excluding carboxylic acids is 1. The summed E-state index contributed by atoms with van der Waals surface area (Å²) in [6.07, 6.45) is 8.66. The summed E-state index contributed by atoms with van der Waals surface area (Å²) in [7, 11) is -4.75. The molecule has 9 rings (SSSR count). The fourth-order valence-corrected chi connectivity index (χ4v) is 12.2. The fourth-order valence-electron chi connectivity index (χ4n) is 11.3. The zero-order chi connectivity index (χ0) is 51.0. The number of halogens is 2. The number of piperidine rings is 1. The zero-order valence-corrected chi connectivity index (χ0v) is 42.1. The predicted molar refractivity (Wildman–Crippen MR) is 270 cm³/mol. The number of nitrogens with one attached hydrogen (secondary N) is 3. The second kappa shape index (κ2) is 20.9. The standard InChI is InChI=1S/C52H65F2N9O8S/c1-5-70-50-46(26-41-42(54)31-57-47(41)58-50)71-45-24-35(10-11-40(45)49(64)59-72(68,69)37-25-43(63(66)67)48(56-30-37)55-29-34-12-14-51(4,65)15-13-34)61-19-16-52(17-20-61)27-36(28-52)62-23-22-60(21-18-53)32-44(62)39-9-7-6-8-38(39)33(2)3/h6-11,24-26,30-31,33-34,36,44,65H,5,12-23,27-29,32H2,1-4H3,(H,55,56)(H,57,58)(H,59,64)/t34?,44-,51?/m0/s1. The smallest absolute Gasteiger partial charge is 0.312 e. The number of nitro groups is 1. The van der Waals surface area contributed by atoms with Gasteiger partial charge in [-0.25, -0.2) is 26.9 Å². The summed E-state index contributed by atoms with van der Waals surface area (Å²) in [6, 6.07) is 16.3. The van der Waals surface area contributed by atoms with Gasteiger partial charge in [-0.15, -0.1) is 0 Å². The van der Waals surface area contributed by atoms with Crippen LogP contribution in [0.3, 0.4) is 0 Å². The summed E-state index contributed by atoms with van der Waals surface area (Å²) in [6.45, 7) is 12.5. The SMILES string of the molecule is CCOc1nc2[nH]cc(F)c2cc1Oc1cc(N2CCC3(CC2)CC(N2CCN(CCF)C[C@H]2c2ccccc2C(C)C)C3)ccc1C(=O)NS(=O)(=O)c1cnc(NCC2CCC(C)(O)CC2)c([N+](=O)[O-])c1. The Morgan fingerprint density at radius 1 is 1.04 bits per heavy atom. The maximum absolute atomic E-state index is 14.9. The number of carbonyl (C=O) groups is 1. The first-order valence-corrected chi connectivity index (χ1v) is 26.6. The van der Waals surface area contributed by atoms with Crippen LogP contribution < -0.4 is 24.4 Å². The number of H-pyrrole nitrogens is 1. The van der Waals surface area contributed by atoms with Gasteiger partial charge in [-0.2, -0.15) is 4.98 Å². The number of aliphatic hydroxyl groups is 1. The molecule has 1 amide bonds. The van der Waals surface area contributed by atoms with Crippen LogP contribution in [0.1, 0.15) is 113 Å². The summed E-state index contributed by atoms with van der Waals surface area (Å²) < 4.78 is 70.5. The Hall–Kier alpha value is -5.96. The topological polar surface area (TPSA) is 208 Å². The minimum atomic E-state index is -4.75. The molecule has 72 heavy (non-hydrogen) atoms. The first kappa shape index (κ1) is 51.0. The lowest BCUT2D eigenvalue weighted by Gasteiger charge is -2.58. The van der Waals surface area contributed by atoms with Crippen molar-refractivity contribution < 1.29 is 41.5 Å². The molecule has 4 fully saturated rings. The van der Waals surface area contributed by atoms with E-state index in [4.69, 9.17) is 9.47 Å². The molecule has 5 aromatic rings. The van der Waals surface area contributed by atoms with Crippen LogP contribution in [0.2, 0.25) is 0 Å². The van der Waals surface area contributed by atoms with Crippen molar-refractivity contribution >= 4 is 44.2 Å². The molecule has 2 aliphatic carbocycles. The molecular formula is C52H65F2N9O8S. The molecule has 0 bridgehead atoms. The molecule has 1 atom stereocenters. The number of nitrogens with zero attached hydrogens (tertiary/aromatic N) is 6. The average molecular weight is 1010 g/mol. The minimum Gasteiger partial charge on any atom is -0.475 e. The van der Waals surface area contributed by atoms with Gasteiger partial charge in [-0.3, -0.25) is 24.7 Å². The zero-order valence-electron chi connectivity index (χ0n) is 41.3. The van der Waals surface area contributed by atoms with Crippen LogP contribution in [0.25, 0.3) is 11.0 Å². The summed E-state index contributed by atoms with van der Waals surface area (Å²) in [5, 5.41) is 25.6. The average Bonchev–Trinajstić information content (AvgIpc) is 3.71. The maximum Gasteiger partial charge on any atom is 0.312 e. The van der Waals surface area contributed by atoms with Crippen LogP contribution in [-0.2, 0) is 10.0 Å². The Bertz CT molecular complexity index is 2890. The number of ether oxygens (including phenoxy) is 2. The number of benzene rings is 2. The maximum atomic E-state index is 14.9. The van der Waals surface area contributed by atoms with E-state index in [1.165, 1.54) is 23.3 Å². The number of hydrogen-bond donors (Lipinski definition) is 4. The van der Waals surface area contributed by atoms with Gasteiger partial charge in [0.25, 0.3) is 21.8 Å². The Kier molecular flexibility index (Phi) is 14.8. The van der Waals surface area contributed by atoms with Gasteiger partial charge in [0, 0.05) is 88.0 Å². The van der Waals surface area contributed by atoms with E-state index in [1.807, 2.05) is 0 Å². The van der Waals surface area contributed by atoms with Crippen molar-refractivity contribution in [1.29, 1.82) is 0 Å². The highest BCUT2D eigenvalue weighted by Crippen LogP contribution is 2.53. The third kappa shape index (κ3) is 10.9. The molecule has 0 radical (unpaired) electrons. The van der Waals surface area contributed by atoms with Gasteiger partial charge in [-0.05, 0) is 106 Å². The highest BCUT2D eigenvalue weighted by atomic mass is 32.2. The molecule has 386 valence electrons. The number of pyridine rings is 2. The van der Waals surface area contributed by atoms with Gasteiger partial charge in [0.15, 0.2) is 5.75 Å². The number of alkyl halides is 1. The molecule has 2 aliphatic heterocycles. The van der Waals surface area contributed by atoms with Crippen molar-refractivity contribution in [3.05, 3.63) is 99.6 Å². The van der Waals surface area contributed by atoms with Crippen LogP contribution >= 0.6 is 0 Å². The van der Waals surface area contributed by atoms with E-state index in [0.29, 0.717) is 69.5 Å². The Balaban J connectivity index is 0.936. The van der Waals surface area contributed by atoms with Crippen molar-refractivity contribution in [1.82, 2.24) is 29.5 Å². The van der Waals surface area contributed by atoms with Crippen molar-refractivity contribution in [3.63, 3.8) is 0 Å². The molecule has 4 N–H and O–H groups in total. The van der Waals surface area contributed by atoms with Gasteiger partial charge in [0.2, 0.25) is 5.82 Å². The molecule has 3 aromatic heterocycles. The van der Waals surface area contributed by atoms with Crippen LogP contribution in [0.4, 0.5) is 26.0 Å². The number of amides is 1. The van der Waals surface area contributed by atoms with Gasteiger partial charge in [0.1, 0.15) is 28.8 Å². The molecule has 20 heteroatoms. The first-order valence-electron chi connectivity index (χ1n) is 25.1. The van der Waals surface area contributed by atoms with Crippen LogP contribution in [0.15, 0.2) is 71.9 Å². The molecule has 2 saturated carbocycles. The van der Waals surface area contributed by atoms with E-state index in [1.54, 1.807) is 26.0 Å². The molecule has 1 spiro atoms. The van der Waals surface area contributed by atoms with E-state index in [9.17, 15) is 37.2 Å². The second-order valence-corrected chi connectivity index (χ2v) is 22.4. The van der Waals surface area contributed by atoms with Crippen LogP contribution in [0.5, 0.6) is 17.4 Å². The number of hydrogen-bond acceptors (Lipinski definition) is 14. The number of rotatable bonds is 17. The summed E-state index contributed by atoms with van der Waals surface area (Å²) in [4.78, 5) is 43.4. The van der Waals surface area contributed by atoms with Gasteiger partial charge < -0.3 is 29.8 Å². The van der Waals surface area contributed by atoms with Crippen molar-refractivity contribution in [2.24, 2.45) is 11.3 Å². The molecule has 0 unspecified atom stereocenters. The van der Waals surface area contributed by atoms with Crippen molar-refractivity contribution in [2.45, 2.75) is 108 Å². The molecule has 2 aromatic carbocycles. The largest absolute Gasteiger partial charge is 0.475 e. The lowest BCUT2D eigenvalue weighted by atomic mass is 9.59. The number of aromatic amines is 1. The lowest BCUT2D eigenvalue weighted by molar-refractivity contribution is -0.384. The molecule has 2 saturated heterocycles. The highest BCUT2D eigenvalue weighted by Gasteiger charge is 2.50. The minimum absolute atomic E-state index is 0.0110. The molecule has 5 heterocycles. The van der Waals surface area contributed by atoms with Crippen molar-refractivity contribution in [2.75, 3.05) is 69.3 Å². The number of aromatic nitrogens is 3. The Morgan fingerprint density at radius 3 is 2.50 bits per heavy atom. The van der Waals surface area contributed by atoms with E-state index < -0.39 is 42.9 Å². The molecule has 17 nitrogen and oxygen atoms in total. The van der Waals surface area contributed by atoms with E-state index >= 15 is 0 Å². The quantitative estimate of drug-likeness (QED) is 0.0507. The summed E-state index contributed by atoms with van der Waals surface area (Å²) >= 11 is 0. The van der Waals surface area contributed by atoms with Gasteiger partial charge in [0.05, 0.1) is 34.3 Å². The predicted octanol–water partition coefficient (Wildman–Crippen LogP) is 8.87. The number of fused-ring (bicyclic) bond motifs is 1. The van der Waals surface area contributed by atoms with E-state index in [2.05, 4.69) is 77.8 Å². The van der Waals surface area contributed by atoms with Crippen LogP contribution in [-0.4, -0.2) is 120 Å². The third-order valence-electron chi connectivity index (χ3n) is 15.5. The monoisotopic (exact) mass is 1010 g/mol. The third-order valence-corrected chi connectivity index (χ3v) is 16.8. The number of anilines is 2. The number of sulfonamides is 1.